The van der Waals surface area contributed by atoms with Crippen molar-refractivity contribution in [3.8, 4) is 0 Å². The second kappa shape index (κ2) is 7.18. The molecule has 2 heterocycles. The first kappa shape index (κ1) is 17.3. The van der Waals surface area contributed by atoms with E-state index < -0.39 is 20.6 Å². The van der Waals surface area contributed by atoms with E-state index in [4.69, 9.17) is 4.42 Å². The summed E-state index contributed by atoms with van der Waals surface area (Å²) in [6.45, 7) is 0.0792. The van der Waals surface area contributed by atoms with Crippen molar-refractivity contribution in [2.24, 2.45) is 0 Å². The topological polar surface area (TPSA) is 93.7 Å². The molecule has 0 aliphatic heterocycles. The van der Waals surface area contributed by atoms with Crippen molar-refractivity contribution in [3.05, 3.63) is 80.9 Å². The summed E-state index contributed by atoms with van der Waals surface area (Å²) in [6.07, 6.45) is 1.45. The van der Waals surface area contributed by atoms with Crippen LogP contribution < -0.4 is 0 Å². The fourth-order valence-corrected chi connectivity index (χ4v) is 4.57. The molecule has 0 atom stereocenters. The Morgan fingerprint density at radius 2 is 1.92 bits per heavy atom. The number of hydrogen-bond donors (Lipinski definition) is 0. The molecule has 0 radical (unpaired) electrons. The number of nitro benzene ring substituents is 1. The average molecular weight is 378 g/mol. The van der Waals surface area contributed by atoms with Gasteiger partial charge in [0.1, 0.15) is 5.76 Å². The van der Waals surface area contributed by atoms with Crippen molar-refractivity contribution in [1.29, 1.82) is 0 Å². The third-order valence-electron chi connectivity index (χ3n) is 3.53. The van der Waals surface area contributed by atoms with Crippen molar-refractivity contribution in [3.63, 3.8) is 0 Å². The lowest BCUT2D eigenvalue weighted by molar-refractivity contribution is -0.387. The third kappa shape index (κ3) is 3.78. The van der Waals surface area contributed by atoms with E-state index in [0.717, 1.165) is 5.56 Å². The first-order chi connectivity index (χ1) is 12.0. The van der Waals surface area contributed by atoms with Gasteiger partial charge in [0.15, 0.2) is 4.90 Å². The van der Waals surface area contributed by atoms with Crippen LogP contribution in [0.2, 0.25) is 0 Å². The van der Waals surface area contributed by atoms with Gasteiger partial charge < -0.3 is 4.42 Å². The molecule has 3 rings (SSSR count). The van der Waals surface area contributed by atoms with Gasteiger partial charge in [0.05, 0.1) is 17.7 Å². The van der Waals surface area contributed by atoms with Gasteiger partial charge in [-0.1, -0.05) is 12.1 Å². The van der Waals surface area contributed by atoms with Crippen LogP contribution in [0.25, 0.3) is 0 Å². The average Bonchev–Trinajstić information content (AvgIpc) is 3.28. The van der Waals surface area contributed by atoms with Gasteiger partial charge in [-0.05, 0) is 40.6 Å². The normalized spacial score (nSPS) is 11.7. The highest BCUT2D eigenvalue weighted by Crippen LogP contribution is 2.28. The molecule has 0 aliphatic carbocycles. The molecule has 1 aromatic carbocycles. The molecule has 0 saturated heterocycles. The van der Waals surface area contributed by atoms with E-state index in [2.05, 4.69) is 0 Å². The van der Waals surface area contributed by atoms with E-state index in [-0.39, 0.29) is 18.0 Å². The maximum absolute atomic E-state index is 13.1. The highest BCUT2D eigenvalue weighted by molar-refractivity contribution is 7.89. The summed E-state index contributed by atoms with van der Waals surface area (Å²) in [5.74, 6) is 0.456. The van der Waals surface area contributed by atoms with Crippen LogP contribution in [0.15, 0.2) is 68.8 Å². The van der Waals surface area contributed by atoms with Crippen LogP contribution in [0, 0.1) is 10.1 Å². The summed E-state index contributed by atoms with van der Waals surface area (Å²) < 4.78 is 32.6. The van der Waals surface area contributed by atoms with Crippen LogP contribution in [-0.4, -0.2) is 17.6 Å². The Morgan fingerprint density at radius 1 is 1.12 bits per heavy atom. The van der Waals surface area contributed by atoms with Crippen LogP contribution in [0.4, 0.5) is 5.69 Å². The zero-order valence-electron chi connectivity index (χ0n) is 12.9. The minimum Gasteiger partial charge on any atom is -0.468 e. The molecule has 0 N–H and O–H groups in total. The molecule has 3 aromatic rings. The predicted molar refractivity (Wildman–Crippen MR) is 92.6 cm³/mol. The predicted octanol–water partition coefficient (Wildman–Crippen LogP) is 3.64. The lowest BCUT2D eigenvalue weighted by Gasteiger charge is -2.20. The molecule has 0 spiro atoms. The van der Waals surface area contributed by atoms with Gasteiger partial charge in [-0.15, -0.1) is 0 Å². The molecule has 2 aromatic heterocycles. The monoisotopic (exact) mass is 378 g/mol. The fraction of sp³-hybridized carbons (Fsp3) is 0.125. The summed E-state index contributed by atoms with van der Waals surface area (Å²) >= 11 is 1.45. The van der Waals surface area contributed by atoms with Crippen LogP contribution >= 0.6 is 11.3 Å². The Labute approximate surface area is 148 Å². The molecule has 7 nitrogen and oxygen atoms in total. The smallest absolute Gasteiger partial charge is 0.289 e. The molecule has 9 heteroatoms. The molecule has 0 unspecified atom stereocenters. The van der Waals surface area contributed by atoms with Crippen molar-refractivity contribution in [2.45, 2.75) is 18.0 Å². The Bertz CT molecular complexity index is 914. The summed E-state index contributed by atoms with van der Waals surface area (Å²) in [6, 6.07) is 10.5. The van der Waals surface area contributed by atoms with Crippen molar-refractivity contribution in [1.82, 2.24) is 4.31 Å². The van der Waals surface area contributed by atoms with E-state index in [1.54, 1.807) is 12.1 Å². The minimum absolute atomic E-state index is 0.0166. The van der Waals surface area contributed by atoms with Gasteiger partial charge >= 0.3 is 0 Å². The van der Waals surface area contributed by atoms with Gasteiger partial charge in [-0.2, -0.15) is 15.6 Å². The molecule has 0 aliphatic rings. The van der Waals surface area contributed by atoms with Crippen LogP contribution in [0.5, 0.6) is 0 Å². The quantitative estimate of drug-likeness (QED) is 0.462. The van der Waals surface area contributed by atoms with Gasteiger partial charge in [-0.25, -0.2) is 8.42 Å². The number of sulfonamides is 1. The van der Waals surface area contributed by atoms with Crippen LogP contribution in [-0.2, 0) is 23.1 Å². The highest BCUT2D eigenvalue weighted by atomic mass is 32.2. The van der Waals surface area contributed by atoms with E-state index in [1.165, 1.54) is 46.2 Å². The number of hydrogen-bond acceptors (Lipinski definition) is 6. The minimum atomic E-state index is -4.09. The number of benzene rings is 1. The maximum atomic E-state index is 13.1. The number of nitrogens with zero attached hydrogens (tertiary/aromatic N) is 2. The second-order valence-electron chi connectivity index (χ2n) is 5.21. The number of nitro groups is 1. The molecule has 0 fully saturated rings. The highest BCUT2D eigenvalue weighted by Gasteiger charge is 2.32. The Balaban J connectivity index is 2.03. The SMILES string of the molecule is O=[N+]([O-])c1ccccc1S(=O)(=O)N(Cc1ccsc1)Cc1ccco1. The van der Waals surface area contributed by atoms with Gasteiger partial charge in [0.25, 0.3) is 15.7 Å². The van der Waals surface area contributed by atoms with E-state index in [1.807, 2.05) is 16.8 Å². The zero-order valence-corrected chi connectivity index (χ0v) is 14.6. The summed E-state index contributed by atoms with van der Waals surface area (Å²) in [4.78, 5) is 10.2. The third-order valence-corrected chi connectivity index (χ3v) is 6.10. The van der Waals surface area contributed by atoms with Crippen molar-refractivity contribution in [2.75, 3.05) is 0 Å². The van der Waals surface area contributed by atoms with E-state index >= 15 is 0 Å². The summed E-state index contributed by atoms with van der Waals surface area (Å²) in [7, 11) is -4.09. The molecule has 25 heavy (non-hydrogen) atoms. The number of para-hydroxylation sites is 1. The van der Waals surface area contributed by atoms with Crippen LogP contribution in [0.1, 0.15) is 11.3 Å². The van der Waals surface area contributed by atoms with Crippen molar-refractivity contribution >= 4 is 27.0 Å². The van der Waals surface area contributed by atoms with Crippen LogP contribution in [0.3, 0.4) is 0 Å². The lowest BCUT2D eigenvalue weighted by atomic mass is 10.3. The summed E-state index contributed by atoms with van der Waals surface area (Å²) in [5, 5.41) is 14.9. The maximum Gasteiger partial charge on any atom is 0.289 e. The lowest BCUT2D eigenvalue weighted by Crippen LogP contribution is -2.30. The fourth-order valence-electron chi connectivity index (χ4n) is 2.35. The Morgan fingerprint density at radius 3 is 2.56 bits per heavy atom. The number of furan rings is 1. The standard InChI is InChI=1S/C16H14N2O5S2/c19-18(20)15-5-1-2-6-16(15)25(21,22)17(10-13-7-9-24-12-13)11-14-4-3-8-23-14/h1-9,12H,10-11H2. The second-order valence-corrected chi connectivity index (χ2v) is 7.90. The Hall–Kier alpha value is -2.49. The Kier molecular flexibility index (Phi) is 4.98. The summed E-state index contributed by atoms with van der Waals surface area (Å²) in [5.41, 5.74) is 0.357. The molecule has 0 bridgehead atoms. The largest absolute Gasteiger partial charge is 0.468 e. The molecule has 0 saturated carbocycles. The van der Waals surface area contributed by atoms with Gasteiger partial charge in [0, 0.05) is 12.6 Å². The molecule has 130 valence electrons. The van der Waals surface area contributed by atoms with Gasteiger partial charge in [0.2, 0.25) is 0 Å². The van der Waals surface area contributed by atoms with Gasteiger partial charge in [-0.3, -0.25) is 10.1 Å². The van der Waals surface area contributed by atoms with E-state index in [0.29, 0.717) is 5.76 Å². The number of rotatable bonds is 7. The molecular formula is C16H14N2O5S2. The zero-order chi connectivity index (χ0) is 17.9. The van der Waals surface area contributed by atoms with E-state index in [9.17, 15) is 18.5 Å². The molecular weight excluding hydrogens is 364 g/mol. The van der Waals surface area contributed by atoms with Crippen molar-refractivity contribution < 1.29 is 17.8 Å². The molecule has 0 amide bonds. The number of thiophene rings is 1. The first-order valence-electron chi connectivity index (χ1n) is 7.25. The first-order valence-corrected chi connectivity index (χ1v) is 9.64.